The Morgan fingerprint density at radius 2 is 2.09 bits per heavy atom. The zero-order chi connectivity index (χ0) is 15.8. The van der Waals surface area contributed by atoms with Gasteiger partial charge >= 0.3 is 0 Å². The van der Waals surface area contributed by atoms with Crippen LogP contribution in [0.3, 0.4) is 0 Å². The lowest BCUT2D eigenvalue weighted by Crippen LogP contribution is -2.44. The first-order valence-electron chi connectivity index (χ1n) is 8.07. The van der Waals surface area contributed by atoms with Crippen molar-refractivity contribution in [2.45, 2.75) is 44.6 Å². The molecule has 2 rings (SSSR count). The lowest BCUT2D eigenvalue weighted by Gasteiger charge is -2.31. The van der Waals surface area contributed by atoms with E-state index in [0.717, 1.165) is 12.8 Å². The smallest absolute Gasteiger partial charge is 0.220 e. The Morgan fingerprint density at radius 3 is 2.86 bits per heavy atom. The molecule has 1 aliphatic rings. The van der Waals surface area contributed by atoms with Crippen molar-refractivity contribution < 1.29 is 9.53 Å². The topological polar surface area (TPSA) is 64.3 Å². The molecule has 1 aromatic rings. The van der Waals surface area contributed by atoms with Gasteiger partial charge in [0.15, 0.2) is 0 Å². The number of carbonyl (C=O) groups is 1. The van der Waals surface area contributed by atoms with E-state index >= 15 is 0 Å². The lowest BCUT2D eigenvalue weighted by molar-refractivity contribution is -0.122. The minimum Gasteiger partial charge on any atom is -0.492 e. The van der Waals surface area contributed by atoms with E-state index in [1.54, 1.807) is 6.07 Å². The number of nitrogens with one attached hydrogen (secondary N) is 1. The number of amides is 1. The number of halogens is 1. The minimum atomic E-state index is 0.0908. The van der Waals surface area contributed by atoms with Crippen molar-refractivity contribution in [3.63, 3.8) is 0 Å². The van der Waals surface area contributed by atoms with Crippen molar-refractivity contribution in [2.24, 2.45) is 11.7 Å². The number of ether oxygens (including phenoxy) is 1. The average molecular weight is 325 g/mol. The summed E-state index contributed by atoms with van der Waals surface area (Å²) in [4.78, 5) is 12.0. The Morgan fingerprint density at radius 1 is 1.32 bits per heavy atom. The fourth-order valence-corrected chi connectivity index (χ4v) is 3.13. The number of nitrogens with two attached hydrogens (primary N) is 1. The van der Waals surface area contributed by atoms with Crippen LogP contribution in [0.4, 0.5) is 0 Å². The molecule has 0 aromatic heterocycles. The number of carbonyl (C=O) groups excluding carboxylic acids is 1. The predicted molar refractivity (Wildman–Crippen MR) is 89.1 cm³/mol. The molecule has 1 amide bonds. The van der Waals surface area contributed by atoms with Gasteiger partial charge in [-0.05, 0) is 43.9 Å². The van der Waals surface area contributed by atoms with E-state index in [0.29, 0.717) is 42.7 Å². The van der Waals surface area contributed by atoms with Gasteiger partial charge in [0.05, 0.1) is 11.6 Å². The van der Waals surface area contributed by atoms with Gasteiger partial charge in [-0.2, -0.15) is 0 Å². The van der Waals surface area contributed by atoms with Gasteiger partial charge in [-0.15, -0.1) is 0 Å². The predicted octanol–water partition coefficient (Wildman–Crippen LogP) is 3.13. The first-order chi connectivity index (χ1) is 10.7. The SMILES string of the molecule is NCC1CCCCC1NC(=O)CCCOc1ccccc1Cl. The van der Waals surface area contributed by atoms with Crippen LogP contribution in [0.1, 0.15) is 38.5 Å². The molecule has 3 N–H and O–H groups in total. The first kappa shape index (κ1) is 17.1. The summed E-state index contributed by atoms with van der Waals surface area (Å²) in [6.07, 6.45) is 5.72. The molecule has 2 unspecified atom stereocenters. The van der Waals surface area contributed by atoms with Gasteiger partial charge in [0, 0.05) is 12.5 Å². The molecule has 1 aliphatic carbocycles. The van der Waals surface area contributed by atoms with E-state index in [-0.39, 0.29) is 11.9 Å². The summed E-state index contributed by atoms with van der Waals surface area (Å²) in [6, 6.07) is 7.61. The average Bonchev–Trinajstić information content (AvgIpc) is 2.53. The Bertz CT molecular complexity index is 481. The van der Waals surface area contributed by atoms with Crippen molar-refractivity contribution in [1.29, 1.82) is 0 Å². The maximum absolute atomic E-state index is 12.0. The summed E-state index contributed by atoms with van der Waals surface area (Å²) in [5.74, 6) is 1.19. The maximum Gasteiger partial charge on any atom is 0.220 e. The highest BCUT2D eigenvalue weighted by molar-refractivity contribution is 6.32. The first-order valence-corrected chi connectivity index (χ1v) is 8.45. The van der Waals surface area contributed by atoms with Gasteiger partial charge in [0.25, 0.3) is 0 Å². The molecular weight excluding hydrogens is 300 g/mol. The molecule has 1 fully saturated rings. The van der Waals surface area contributed by atoms with Crippen LogP contribution in [0.15, 0.2) is 24.3 Å². The quantitative estimate of drug-likeness (QED) is 0.757. The highest BCUT2D eigenvalue weighted by Gasteiger charge is 2.24. The monoisotopic (exact) mass is 324 g/mol. The Labute approximate surface area is 137 Å². The van der Waals surface area contributed by atoms with Crippen LogP contribution in [0.5, 0.6) is 5.75 Å². The van der Waals surface area contributed by atoms with Crippen LogP contribution in [-0.4, -0.2) is 25.1 Å². The number of hydrogen-bond acceptors (Lipinski definition) is 3. The summed E-state index contributed by atoms with van der Waals surface area (Å²) in [5, 5.41) is 3.73. The Hall–Kier alpha value is -1.26. The molecule has 0 heterocycles. The molecule has 0 radical (unpaired) electrons. The third-order valence-electron chi connectivity index (χ3n) is 4.20. The third kappa shape index (κ3) is 5.18. The van der Waals surface area contributed by atoms with Crippen LogP contribution in [0.2, 0.25) is 5.02 Å². The number of para-hydroxylation sites is 1. The van der Waals surface area contributed by atoms with Crippen molar-refractivity contribution in [1.82, 2.24) is 5.32 Å². The molecular formula is C17H25ClN2O2. The normalized spacial score (nSPS) is 21.4. The van der Waals surface area contributed by atoms with Crippen LogP contribution in [0, 0.1) is 5.92 Å². The fourth-order valence-electron chi connectivity index (χ4n) is 2.94. The zero-order valence-corrected chi connectivity index (χ0v) is 13.6. The van der Waals surface area contributed by atoms with E-state index in [1.807, 2.05) is 18.2 Å². The molecule has 22 heavy (non-hydrogen) atoms. The molecule has 0 saturated heterocycles. The second-order valence-electron chi connectivity index (χ2n) is 5.84. The summed E-state index contributed by atoms with van der Waals surface area (Å²) in [7, 11) is 0. The highest BCUT2D eigenvalue weighted by atomic mass is 35.5. The molecule has 5 heteroatoms. The van der Waals surface area contributed by atoms with E-state index < -0.39 is 0 Å². The van der Waals surface area contributed by atoms with Crippen LogP contribution < -0.4 is 15.8 Å². The number of hydrogen-bond donors (Lipinski definition) is 2. The second-order valence-corrected chi connectivity index (χ2v) is 6.24. The summed E-state index contributed by atoms with van der Waals surface area (Å²) >= 11 is 6.01. The van der Waals surface area contributed by atoms with Gasteiger partial charge in [0.1, 0.15) is 5.75 Å². The highest BCUT2D eigenvalue weighted by Crippen LogP contribution is 2.24. The van der Waals surface area contributed by atoms with E-state index in [1.165, 1.54) is 12.8 Å². The standard InChI is InChI=1S/C17H25ClN2O2/c18-14-7-2-4-9-16(14)22-11-5-10-17(21)20-15-8-3-1-6-13(15)12-19/h2,4,7,9,13,15H,1,3,5-6,8,10-12,19H2,(H,20,21). The summed E-state index contributed by atoms with van der Waals surface area (Å²) < 4.78 is 5.59. The summed E-state index contributed by atoms with van der Waals surface area (Å²) in [6.45, 7) is 1.14. The zero-order valence-electron chi connectivity index (χ0n) is 12.9. The fraction of sp³-hybridized carbons (Fsp3) is 0.588. The van der Waals surface area contributed by atoms with Gasteiger partial charge in [0.2, 0.25) is 5.91 Å². The molecule has 2 atom stereocenters. The second kappa shape index (κ2) is 9.01. The van der Waals surface area contributed by atoms with Gasteiger partial charge in [-0.25, -0.2) is 0 Å². The molecule has 0 aliphatic heterocycles. The third-order valence-corrected chi connectivity index (χ3v) is 4.51. The molecule has 122 valence electrons. The largest absolute Gasteiger partial charge is 0.492 e. The molecule has 1 aromatic carbocycles. The van der Waals surface area contributed by atoms with Crippen molar-refractivity contribution in [2.75, 3.05) is 13.2 Å². The molecule has 4 nitrogen and oxygen atoms in total. The van der Waals surface area contributed by atoms with Crippen LogP contribution in [0.25, 0.3) is 0 Å². The van der Waals surface area contributed by atoms with Crippen molar-refractivity contribution >= 4 is 17.5 Å². The van der Waals surface area contributed by atoms with Gasteiger partial charge < -0.3 is 15.8 Å². The van der Waals surface area contributed by atoms with E-state index in [4.69, 9.17) is 22.1 Å². The lowest BCUT2D eigenvalue weighted by atomic mass is 9.84. The molecule has 0 bridgehead atoms. The van der Waals surface area contributed by atoms with Crippen LogP contribution in [-0.2, 0) is 4.79 Å². The minimum absolute atomic E-state index is 0.0908. The number of benzene rings is 1. The maximum atomic E-state index is 12.0. The van der Waals surface area contributed by atoms with Gasteiger partial charge in [-0.1, -0.05) is 36.6 Å². The summed E-state index contributed by atoms with van der Waals surface area (Å²) in [5.41, 5.74) is 5.79. The molecule has 1 saturated carbocycles. The Balaban J connectivity index is 1.66. The van der Waals surface area contributed by atoms with Crippen LogP contribution >= 0.6 is 11.6 Å². The van der Waals surface area contributed by atoms with Crippen molar-refractivity contribution in [3.8, 4) is 5.75 Å². The molecule has 0 spiro atoms. The van der Waals surface area contributed by atoms with E-state index in [2.05, 4.69) is 5.32 Å². The van der Waals surface area contributed by atoms with Crippen molar-refractivity contribution in [3.05, 3.63) is 29.3 Å². The number of rotatable bonds is 7. The Kier molecular flexibility index (Phi) is 7.00. The van der Waals surface area contributed by atoms with E-state index in [9.17, 15) is 4.79 Å². The van der Waals surface area contributed by atoms with Gasteiger partial charge in [-0.3, -0.25) is 4.79 Å².